The minimum absolute atomic E-state index is 0.0543. The summed E-state index contributed by atoms with van der Waals surface area (Å²) in [5.41, 5.74) is 0.638. The van der Waals surface area contributed by atoms with Crippen molar-refractivity contribution in [2.75, 3.05) is 0 Å². The maximum atomic E-state index is 11.3. The summed E-state index contributed by atoms with van der Waals surface area (Å²) in [7, 11) is 0. The molecule has 1 aliphatic heterocycles. The Morgan fingerprint density at radius 1 is 1.29 bits per heavy atom. The fraction of sp³-hybridized carbons (Fsp3) is 0. The van der Waals surface area contributed by atoms with Gasteiger partial charge in [-0.2, -0.15) is 0 Å². The number of carbonyl (C=O) groups excluding carboxylic acids is 2. The van der Waals surface area contributed by atoms with Crippen molar-refractivity contribution in [2.45, 2.75) is 0 Å². The van der Waals surface area contributed by atoms with Gasteiger partial charge in [0.25, 0.3) is 5.95 Å². The highest BCUT2D eigenvalue weighted by Crippen LogP contribution is 2.27. The van der Waals surface area contributed by atoms with Gasteiger partial charge in [0.15, 0.2) is 0 Å². The number of rotatable bonds is 1. The van der Waals surface area contributed by atoms with E-state index in [-0.39, 0.29) is 11.5 Å². The van der Waals surface area contributed by atoms with E-state index in [0.29, 0.717) is 17.6 Å². The zero-order valence-corrected chi connectivity index (χ0v) is 7.15. The molecule has 4 nitrogen and oxygen atoms in total. The molecule has 1 aromatic rings. The molecule has 0 fully saturated rings. The predicted molar refractivity (Wildman–Crippen MR) is 47.0 cm³/mol. The molecular formula is C10H6O4. The van der Waals surface area contributed by atoms with Crippen LogP contribution < -0.4 is 4.74 Å². The van der Waals surface area contributed by atoms with Crippen LogP contribution in [-0.4, -0.2) is 12.3 Å². The van der Waals surface area contributed by atoms with Crippen molar-refractivity contribution in [3.63, 3.8) is 0 Å². The number of aldehydes is 1. The summed E-state index contributed by atoms with van der Waals surface area (Å²) in [5.74, 6) is -0.252. The van der Waals surface area contributed by atoms with Gasteiger partial charge < -0.3 is 9.47 Å². The quantitative estimate of drug-likeness (QED) is 0.497. The number of carbonyl (C=O) groups is 2. The fourth-order valence-electron chi connectivity index (χ4n) is 1.17. The van der Waals surface area contributed by atoms with E-state index in [1.807, 2.05) is 0 Å². The van der Waals surface area contributed by atoms with Gasteiger partial charge in [-0.05, 0) is 24.8 Å². The van der Waals surface area contributed by atoms with Gasteiger partial charge in [-0.1, -0.05) is 0 Å². The second-order valence-electron chi connectivity index (χ2n) is 2.74. The number of cyclic esters (lactones) is 1. The van der Waals surface area contributed by atoms with Crippen molar-refractivity contribution in [1.29, 1.82) is 0 Å². The second kappa shape index (κ2) is 2.99. The number of esters is 1. The third kappa shape index (κ3) is 1.26. The highest BCUT2D eigenvalue weighted by Gasteiger charge is 2.22. The predicted octanol–water partition coefficient (Wildman–Crippen LogP) is 1.52. The molecule has 0 radical (unpaired) electrons. The van der Waals surface area contributed by atoms with E-state index in [4.69, 9.17) is 4.74 Å². The Balaban J connectivity index is 2.54. The molecular weight excluding hydrogens is 184 g/mol. The van der Waals surface area contributed by atoms with Crippen LogP contribution in [0.15, 0.2) is 30.7 Å². The van der Waals surface area contributed by atoms with Crippen LogP contribution in [0.1, 0.15) is 20.7 Å². The molecule has 0 aromatic heterocycles. The van der Waals surface area contributed by atoms with Crippen molar-refractivity contribution in [3.8, 4) is 5.75 Å². The Hall–Kier alpha value is -2.10. The highest BCUT2D eigenvalue weighted by atomic mass is 16.7. The summed E-state index contributed by atoms with van der Waals surface area (Å²) in [6.07, 6.45) is 0.650. The van der Waals surface area contributed by atoms with Gasteiger partial charge in [0, 0.05) is 5.56 Å². The molecule has 0 unspecified atom stereocenters. The molecule has 0 amide bonds. The number of hydrogen-bond acceptors (Lipinski definition) is 4. The summed E-state index contributed by atoms with van der Waals surface area (Å²) in [4.78, 5) is 21.7. The van der Waals surface area contributed by atoms with E-state index in [2.05, 4.69) is 11.3 Å². The van der Waals surface area contributed by atoms with Crippen molar-refractivity contribution >= 4 is 12.3 Å². The van der Waals surface area contributed by atoms with Crippen LogP contribution in [0.4, 0.5) is 0 Å². The lowest BCUT2D eigenvalue weighted by Gasteiger charge is -2.17. The minimum Gasteiger partial charge on any atom is -0.425 e. The minimum atomic E-state index is -0.556. The molecule has 4 heteroatoms. The van der Waals surface area contributed by atoms with Crippen LogP contribution >= 0.6 is 0 Å². The van der Waals surface area contributed by atoms with Gasteiger partial charge in [-0.3, -0.25) is 4.79 Å². The zero-order chi connectivity index (χ0) is 10.1. The van der Waals surface area contributed by atoms with Gasteiger partial charge in [-0.15, -0.1) is 0 Å². The molecule has 2 rings (SSSR count). The standard InChI is InChI=1S/C10H6O4/c1-6-13-9-3-2-7(5-11)4-8(9)10(12)14-6/h2-5H,1H2. The smallest absolute Gasteiger partial charge is 0.349 e. The lowest BCUT2D eigenvalue weighted by Crippen LogP contribution is -2.16. The normalized spacial score (nSPS) is 14.0. The summed E-state index contributed by atoms with van der Waals surface area (Å²) in [6.45, 7) is 3.37. The number of hydrogen-bond donors (Lipinski definition) is 0. The van der Waals surface area contributed by atoms with E-state index in [1.165, 1.54) is 12.1 Å². The summed E-state index contributed by atoms with van der Waals surface area (Å²) in [5, 5.41) is 0. The van der Waals surface area contributed by atoms with Crippen molar-refractivity contribution in [2.24, 2.45) is 0 Å². The SMILES string of the molecule is C=C1OC(=O)c2cc(C=O)ccc2O1. The molecule has 14 heavy (non-hydrogen) atoms. The second-order valence-corrected chi connectivity index (χ2v) is 2.74. The molecule has 1 heterocycles. The van der Waals surface area contributed by atoms with Crippen molar-refractivity contribution in [3.05, 3.63) is 41.9 Å². The molecule has 0 atom stereocenters. The van der Waals surface area contributed by atoms with E-state index < -0.39 is 5.97 Å². The maximum absolute atomic E-state index is 11.3. The number of fused-ring (bicyclic) bond motifs is 1. The van der Waals surface area contributed by atoms with Crippen LogP contribution in [-0.2, 0) is 4.74 Å². The lowest BCUT2D eigenvalue weighted by atomic mass is 10.1. The Morgan fingerprint density at radius 3 is 2.79 bits per heavy atom. The Labute approximate surface area is 79.7 Å². The van der Waals surface area contributed by atoms with Crippen LogP contribution in [0.3, 0.4) is 0 Å². The van der Waals surface area contributed by atoms with Crippen molar-refractivity contribution < 1.29 is 19.1 Å². The molecule has 1 aromatic carbocycles. The number of ether oxygens (including phenoxy) is 2. The zero-order valence-electron chi connectivity index (χ0n) is 7.15. The van der Waals surface area contributed by atoms with Crippen LogP contribution in [0.2, 0.25) is 0 Å². The summed E-state index contributed by atoms with van der Waals surface area (Å²) in [6, 6.07) is 4.50. The molecule has 70 valence electrons. The fourth-order valence-corrected chi connectivity index (χ4v) is 1.17. The van der Waals surface area contributed by atoms with E-state index >= 15 is 0 Å². The monoisotopic (exact) mass is 190 g/mol. The largest absolute Gasteiger partial charge is 0.425 e. The van der Waals surface area contributed by atoms with E-state index in [0.717, 1.165) is 0 Å². The Bertz CT molecular complexity index is 434. The first-order valence-corrected chi connectivity index (χ1v) is 3.89. The third-order valence-corrected chi connectivity index (χ3v) is 1.79. The van der Waals surface area contributed by atoms with Crippen molar-refractivity contribution in [1.82, 2.24) is 0 Å². The first-order valence-electron chi connectivity index (χ1n) is 3.89. The average molecular weight is 190 g/mol. The molecule has 1 aliphatic rings. The first kappa shape index (κ1) is 8.50. The average Bonchev–Trinajstić information content (AvgIpc) is 2.17. The molecule has 0 bridgehead atoms. The van der Waals surface area contributed by atoms with Gasteiger partial charge >= 0.3 is 5.97 Å². The van der Waals surface area contributed by atoms with Crippen LogP contribution in [0.5, 0.6) is 5.75 Å². The third-order valence-electron chi connectivity index (χ3n) is 1.79. The van der Waals surface area contributed by atoms with Gasteiger partial charge in [0.2, 0.25) is 0 Å². The topological polar surface area (TPSA) is 52.6 Å². The van der Waals surface area contributed by atoms with E-state index in [9.17, 15) is 9.59 Å². The molecule has 0 aliphatic carbocycles. The Kier molecular flexibility index (Phi) is 1.81. The molecule has 0 N–H and O–H groups in total. The Morgan fingerprint density at radius 2 is 2.07 bits per heavy atom. The molecule has 0 saturated carbocycles. The van der Waals surface area contributed by atoms with Gasteiger partial charge in [-0.25, -0.2) is 4.79 Å². The van der Waals surface area contributed by atoms with Gasteiger partial charge in [0.1, 0.15) is 17.6 Å². The van der Waals surface area contributed by atoms with Gasteiger partial charge in [0.05, 0.1) is 0 Å². The van der Waals surface area contributed by atoms with E-state index in [1.54, 1.807) is 6.07 Å². The number of benzene rings is 1. The molecule has 0 saturated heterocycles. The molecule has 0 spiro atoms. The maximum Gasteiger partial charge on any atom is 0.349 e. The highest BCUT2D eigenvalue weighted by molar-refractivity contribution is 5.96. The van der Waals surface area contributed by atoms with Crippen LogP contribution in [0.25, 0.3) is 0 Å². The lowest BCUT2D eigenvalue weighted by molar-refractivity contribution is 0.0414. The first-order chi connectivity index (χ1) is 6.70. The van der Waals surface area contributed by atoms with Crippen LogP contribution in [0, 0.1) is 0 Å². The summed E-state index contributed by atoms with van der Waals surface area (Å²) < 4.78 is 9.69. The summed E-state index contributed by atoms with van der Waals surface area (Å²) >= 11 is 0.